The number of methoxy groups -OCH3 is 1. The fourth-order valence-corrected chi connectivity index (χ4v) is 10.1. The van der Waals surface area contributed by atoms with Crippen LogP contribution in [0.1, 0.15) is 251 Å². The van der Waals surface area contributed by atoms with Crippen molar-refractivity contribution >= 4 is 40.5 Å². The molecule has 1 saturated heterocycles. The Kier molecular flexibility index (Phi) is 43.9. The summed E-state index contributed by atoms with van der Waals surface area (Å²) in [6.07, 6.45) is 42.9. The first-order valence-electron chi connectivity index (χ1n) is 32.6. The zero-order valence-electron chi connectivity index (χ0n) is 52.7. The minimum Gasteiger partial charge on any atom is -0.497 e. The maximum absolute atomic E-state index is 12.7. The van der Waals surface area contributed by atoms with Gasteiger partial charge in [-0.15, -0.1) is 0 Å². The van der Waals surface area contributed by atoms with Gasteiger partial charge in [0.1, 0.15) is 5.75 Å². The van der Waals surface area contributed by atoms with Crippen LogP contribution in [0, 0.1) is 6.92 Å². The lowest BCUT2D eigenvalue weighted by molar-refractivity contribution is -0.143. The molecule has 4 rings (SSSR count). The second-order valence-electron chi connectivity index (χ2n) is 22.7. The Morgan fingerprint density at radius 2 is 0.800 bits per heavy atom. The fourth-order valence-electron chi connectivity index (χ4n) is 10.1. The highest BCUT2D eigenvalue weighted by atomic mass is 16.5. The second-order valence-corrected chi connectivity index (χ2v) is 22.7. The molecule has 0 saturated carbocycles. The summed E-state index contributed by atoms with van der Waals surface area (Å²) in [5.41, 5.74) is 5.48. The quantitative estimate of drug-likeness (QED) is 0.0409. The Balaban J connectivity index is 0.000000464. The molecule has 1 aliphatic rings. The number of hydrogen-bond donors (Lipinski definition) is 0. The van der Waals surface area contributed by atoms with E-state index in [-0.39, 0.29) is 17.8 Å². The lowest BCUT2D eigenvalue weighted by Crippen LogP contribution is -2.36. The number of ether oxygens (including phenoxy) is 3. The molecule has 0 aliphatic carbocycles. The number of anilines is 4. The number of unbranched alkanes of at least 4 members (excludes halogenated alkanes) is 29. The Morgan fingerprint density at radius 1 is 0.450 bits per heavy atom. The number of morpholine rings is 1. The molecule has 1 aliphatic heterocycles. The van der Waals surface area contributed by atoms with Crippen LogP contribution in [0.2, 0.25) is 0 Å². The minimum absolute atomic E-state index is 0.105. The monoisotopic (exact) mass is 1110 g/mol. The summed E-state index contributed by atoms with van der Waals surface area (Å²) in [6.45, 7) is 13.9. The van der Waals surface area contributed by atoms with Gasteiger partial charge < -0.3 is 33.8 Å². The molecule has 0 aromatic heterocycles. The van der Waals surface area contributed by atoms with E-state index in [2.05, 4.69) is 61.8 Å². The predicted octanol–water partition coefficient (Wildman–Crippen LogP) is 18.8. The van der Waals surface area contributed by atoms with Gasteiger partial charge in [-0.1, -0.05) is 225 Å². The summed E-state index contributed by atoms with van der Waals surface area (Å²) in [5.74, 6) is 1.07. The van der Waals surface area contributed by atoms with Gasteiger partial charge in [-0.05, 0) is 86.8 Å². The highest BCUT2D eigenvalue weighted by Gasteiger charge is 2.15. The van der Waals surface area contributed by atoms with Crippen molar-refractivity contribution in [2.45, 2.75) is 252 Å². The molecule has 0 spiro atoms. The molecule has 1 heterocycles. The van der Waals surface area contributed by atoms with E-state index in [0.717, 1.165) is 87.6 Å². The average Bonchev–Trinajstić information content (AvgIpc) is 3.49. The lowest BCUT2D eigenvalue weighted by atomic mass is 10.0. The van der Waals surface area contributed by atoms with Crippen molar-refractivity contribution in [2.75, 3.05) is 87.3 Å². The molecular formula is C70H118N4O6. The summed E-state index contributed by atoms with van der Waals surface area (Å²) >= 11 is 0. The van der Waals surface area contributed by atoms with E-state index in [1.54, 1.807) is 16.9 Å². The van der Waals surface area contributed by atoms with Crippen LogP contribution < -0.4 is 24.3 Å². The number of esters is 1. The first-order valence-corrected chi connectivity index (χ1v) is 32.6. The molecule has 2 amide bonds. The molecule has 3 aromatic rings. The van der Waals surface area contributed by atoms with Crippen molar-refractivity contribution in [1.82, 2.24) is 0 Å². The third kappa shape index (κ3) is 36.0. The topological polar surface area (TPSA) is 91.9 Å². The number of carbonyl (C=O) groups is 3. The van der Waals surface area contributed by atoms with E-state index in [1.165, 1.54) is 178 Å². The Bertz CT molecular complexity index is 1860. The van der Waals surface area contributed by atoms with Gasteiger partial charge in [-0.25, -0.2) is 0 Å². The zero-order valence-corrected chi connectivity index (χ0v) is 52.7. The van der Waals surface area contributed by atoms with Crippen LogP contribution in [0.15, 0.2) is 72.8 Å². The van der Waals surface area contributed by atoms with Crippen LogP contribution in [0.5, 0.6) is 5.75 Å². The van der Waals surface area contributed by atoms with E-state index in [0.29, 0.717) is 32.4 Å². The Labute approximate surface area is 490 Å². The number of rotatable bonds is 43. The van der Waals surface area contributed by atoms with E-state index in [9.17, 15) is 14.4 Å². The normalized spacial score (nSPS) is 12.0. The van der Waals surface area contributed by atoms with Gasteiger partial charge in [0.15, 0.2) is 0 Å². The molecule has 0 atom stereocenters. The van der Waals surface area contributed by atoms with Crippen molar-refractivity contribution in [1.29, 1.82) is 0 Å². The first-order chi connectivity index (χ1) is 39.0. The summed E-state index contributed by atoms with van der Waals surface area (Å²) < 4.78 is 15.8. The van der Waals surface area contributed by atoms with Gasteiger partial charge in [-0.3, -0.25) is 14.4 Å². The van der Waals surface area contributed by atoms with Gasteiger partial charge in [0, 0.05) is 76.4 Å². The summed E-state index contributed by atoms with van der Waals surface area (Å²) in [6, 6.07) is 24.3. The molecule has 0 unspecified atom stereocenters. The first kappa shape index (κ1) is 71.5. The third-order valence-corrected chi connectivity index (χ3v) is 15.7. The molecular weight excluding hydrogens is 993 g/mol. The van der Waals surface area contributed by atoms with Gasteiger partial charge >= 0.3 is 5.97 Å². The van der Waals surface area contributed by atoms with Crippen LogP contribution in [0.25, 0.3) is 0 Å². The van der Waals surface area contributed by atoms with Crippen molar-refractivity contribution in [3.05, 3.63) is 78.4 Å². The van der Waals surface area contributed by atoms with Crippen molar-refractivity contribution < 1.29 is 28.6 Å². The van der Waals surface area contributed by atoms with Crippen LogP contribution in [-0.2, 0) is 23.9 Å². The van der Waals surface area contributed by atoms with Gasteiger partial charge in [0.25, 0.3) is 0 Å². The number of amides is 2. The standard InChI is InChI=1S/C36H64N2O2.C23H39NO3.C11H15NO/c1-5-7-9-11-13-15-17-19-21-23-25-27-35(39)37(3)33-29-31-34(32-30-33)38(4)36(40)28-26-24-22-20-18-16-14-12-10-8-6-2;1-4-5-6-7-8-9-10-11-12-13-20-27-23(25)18-19-24(2)21-14-16-22(26-3)17-15-21;1-10-2-4-11(5-3-10)12-6-8-13-9-7-12/h29-32H,5-28H2,1-4H3;14-17H,4-13,18-20H2,1-3H3;2-5H,6-9H2,1H3. The third-order valence-electron chi connectivity index (χ3n) is 15.7. The highest BCUT2D eigenvalue weighted by Crippen LogP contribution is 2.23. The molecule has 0 N–H and O–H groups in total. The summed E-state index contributed by atoms with van der Waals surface area (Å²) in [7, 11) is 7.36. The minimum atomic E-state index is -0.105. The second kappa shape index (κ2) is 49.1. The van der Waals surface area contributed by atoms with Crippen LogP contribution in [0.3, 0.4) is 0 Å². The predicted molar refractivity (Wildman–Crippen MR) is 343 cm³/mol. The van der Waals surface area contributed by atoms with Crippen LogP contribution in [-0.4, -0.2) is 85.5 Å². The van der Waals surface area contributed by atoms with E-state index in [4.69, 9.17) is 14.2 Å². The van der Waals surface area contributed by atoms with Gasteiger partial charge in [0.2, 0.25) is 11.8 Å². The van der Waals surface area contributed by atoms with Crippen molar-refractivity contribution in [3.63, 3.8) is 0 Å². The molecule has 0 radical (unpaired) electrons. The molecule has 80 heavy (non-hydrogen) atoms. The van der Waals surface area contributed by atoms with E-state index in [1.807, 2.05) is 69.7 Å². The number of nitrogens with zero attached hydrogens (tertiary/aromatic N) is 4. The molecule has 10 nitrogen and oxygen atoms in total. The smallest absolute Gasteiger partial charge is 0.307 e. The van der Waals surface area contributed by atoms with Crippen LogP contribution in [0.4, 0.5) is 22.7 Å². The summed E-state index contributed by atoms with van der Waals surface area (Å²) in [4.78, 5) is 45.2. The molecule has 10 heteroatoms. The van der Waals surface area contributed by atoms with Crippen LogP contribution >= 0.6 is 0 Å². The molecule has 454 valence electrons. The number of benzene rings is 3. The van der Waals surface area contributed by atoms with E-state index < -0.39 is 0 Å². The SMILES string of the molecule is CCCCCCCCCCCCCC(=O)N(C)c1ccc(N(C)C(=O)CCCCCCCCCCCCC)cc1.CCCCCCCCCCCCOC(=O)CCN(C)c1ccc(OC)cc1.Cc1ccc(N2CCOCC2)cc1. The van der Waals surface area contributed by atoms with Gasteiger partial charge in [0.05, 0.1) is 33.4 Å². The van der Waals surface area contributed by atoms with E-state index >= 15 is 0 Å². The fraction of sp³-hybridized carbons (Fsp3) is 0.700. The number of aryl methyl sites for hydroxylation is 1. The zero-order chi connectivity index (χ0) is 58.1. The number of hydrogen-bond acceptors (Lipinski definition) is 8. The molecule has 0 bridgehead atoms. The number of carbonyl (C=O) groups excluding carboxylic acids is 3. The molecule has 1 fully saturated rings. The lowest BCUT2D eigenvalue weighted by Gasteiger charge is -2.28. The maximum atomic E-state index is 12.7. The average molecular weight is 1110 g/mol. The van der Waals surface area contributed by atoms with Gasteiger partial charge in [-0.2, -0.15) is 0 Å². The molecule has 3 aromatic carbocycles. The Morgan fingerprint density at radius 3 is 1.18 bits per heavy atom. The van der Waals surface area contributed by atoms with Crippen molar-refractivity contribution in [3.8, 4) is 5.75 Å². The Hall–Kier alpha value is -4.57. The highest BCUT2D eigenvalue weighted by molar-refractivity contribution is 5.95. The largest absolute Gasteiger partial charge is 0.497 e. The summed E-state index contributed by atoms with van der Waals surface area (Å²) in [5, 5.41) is 0. The van der Waals surface area contributed by atoms with Crippen molar-refractivity contribution in [2.24, 2.45) is 0 Å². The maximum Gasteiger partial charge on any atom is 0.307 e.